The van der Waals surface area contributed by atoms with E-state index in [1.54, 1.807) is 12.4 Å². The summed E-state index contributed by atoms with van der Waals surface area (Å²) in [6, 6.07) is 0. The Hall–Kier alpha value is -1.73. The maximum absolute atomic E-state index is 16.2. The van der Waals surface area contributed by atoms with Gasteiger partial charge in [0, 0.05) is 47.0 Å². The van der Waals surface area contributed by atoms with E-state index >= 15 is 17.6 Å². The van der Waals surface area contributed by atoms with Crippen LogP contribution in [0.15, 0.2) is 24.8 Å². The molecule has 2 aliphatic rings. The third kappa shape index (κ3) is 4.18. The smallest absolute Gasteiger partial charge is 0.376 e. The number of halogens is 6. The number of hydrogen-bond donors (Lipinski definition) is 0. The molecule has 1 aromatic carbocycles. The van der Waals surface area contributed by atoms with Crippen LogP contribution in [-0.4, -0.2) is 55.6 Å². The summed E-state index contributed by atoms with van der Waals surface area (Å²) < 4.78 is 84.6. The van der Waals surface area contributed by atoms with Crippen LogP contribution < -0.4 is 5.19 Å². The van der Waals surface area contributed by atoms with Crippen molar-refractivity contribution in [1.29, 1.82) is 0 Å². The van der Waals surface area contributed by atoms with Gasteiger partial charge in [0.1, 0.15) is 0 Å². The minimum atomic E-state index is -4.40. The Morgan fingerprint density at radius 3 is 0.974 bits per heavy atom. The molecule has 0 N–H and O–H groups in total. The summed E-state index contributed by atoms with van der Waals surface area (Å²) in [4.78, 5) is 0. The summed E-state index contributed by atoms with van der Waals surface area (Å²) in [7, 11) is -8.42. The average Bonchev–Trinajstić information content (AvgIpc) is 3.31. The topological polar surface area (TPSA) is 13.0 Å². The van der Waals surface area contributed by atoms with Crippen molar-refractivity contribution >= 4 is 31.4 Å². The minimum absolute atomic E-state index is 0.649. The van der Waals surface area contributed by atoms with Crippen molar-refractivity contribution < 1.29 is 22.0 Å². The van der Waals surface area contributed by atoms with Crippen molar-refractivity contribution in [3.63, 3.8) is 0 Å². The number of nitrogens with zero attached hydrogens (tertiary/aromatic N) is 4. The first-order valence-corrected chi connectivity index (χ1v) is 18.4. The van der Waals surface area contributed by atoms with Crippen molar-refractivity contribution in [3.8, 4) is 0 Å². The summed E-state index contributed by atoms with van der Waals surface area (Å²) in [5.41, 5.74) is -2.89. The van der Waals surface area contributed by atoms with E-state index in [-0.39, 0.29) is 0 Å². The second kappa shape index (κ2) is 8.89. The molecule has 2 aliphatic heterocycles. The molecule has 1 aromatic rings. The van der Waals surface area contributed by atoms with Crippen molar-refractivity contribution in [2.75, 3.05) is 0 Å². The van der Waals surface area contributed by atoms with Crippen molar-refractivity contribution in [2.24, 2.45) is 0 Å². The molecule has 0 fully saturated rings. The molecule has 3 rings (SSSR count). The molecule has 0 aliphatic carbocycles. The summed E-state index contributed by atoms with van der Waals surface area (Å²) in [5.74, 6) is -9.78. The van der Waals surface area contributed by atoms with Gasteiger partial charge in [-0.15, -0.1) is 11.1 Å². The quantitative estimate of drug-likeness (QED) is 0.125. The van der Waals surface area contributed by atoms with Gasteiger partial charge in [-0.3, -0.25) is 0 Å². The van der Waals surface area contributed by atoms with E-state index in [0.717, 1.165) is 0 Å². The van der Waals surface area contributed by atoms with Crippen molar-refractivity contribution in [3.05, 3.63) is 53.9 Å². The van der Waals surface area contributed by atoms with Gasteiger partial charge in [-0.25, -0.2) is 22.0 Å². The van der Waals surface area contributed by atoms with Gasteiger partial charge < -0.3 is 18.3 Å². The molecule has 0 bridgehead atoms. The molecule has 0 amide bonds. The summed E-state index contributed by atoms with van der Waals surface area (Å²) in [5, 5.41) is -0.822. The zero-order chi connectivity index (χ0) is 29.6. The third-order valence-electron chi connectivity index (χ3n) is 6.96. The van der Waals surface area contributed by atoms with E-state index in [4.69, 9.17) is 11.1 Å². The SMILES string of the molecule is CC(C)(C)N1C=CN(C(C)(C)C)[Si]1(Cl)[Si]1(c2c(F)c(F)c(F)c(F)c2F)N(C(C)(C)C)C=CN1C(C)(C)C. The number of rotatable bonds is 2. The van der Waals surface area contributed by atoms with E-state index in [0.29, 0.717) is 0 Å². The predicted octanol–water partition coefficient (Wildman–Crippen LogP) is 6.66. The molecule has 0 saturated heterocycles. The minimum Gasteiger partial charge on any atom is -0.376 e. The van der Waals surface area contributed by atoms with E-state index < -0.39 is 71.6 Å². The van der Waals surface area contributed by atoms with Gasteiger partial charge in [0.2, 0.25) is 5.82 Å². The first kappa shape index (κ1) is 30.8. The number of benzene rings is 1. The molecule has 38 heavy (non-hydrogen) atoms. The largest absolute Gasteiger partial charge is 0.401 e. The fourth-order valence-electron chi connectivity index (χ4n) is 5.62. The Kier molecular flexibility index (Phi) is 7.21. The molecule has 12 heteroatoms. The Morgan fingerprint density at radius 1 is 0.474 bits per heavy atom. The highest BCUT2D eigenvalue weighted by Gasteiger charge is 2.79. The van der Waals surface area contributed by atoms with Gasteiger partial charge in [-0.1, -0.05) is 0 Å². The fraction of sp³-hybridized carbons (Fsp3) is 0.615. The molecule has 0 aromatic heterocycles. The molecule has 0 atom stereocenters. The lowest BCUT2D eigenvalue weighted by Crippen LogP contribution is -2.93. The molecule has 0 radical (unpaired) electrons. The summed E-state index contributed by atoms with van der Waals surface area (Å²) >= 11 is 8.05. The van der Waals surface area contributed by atoms with E-state index in [1.165, 1.54) is 0 Å². The van der Waals surface area contributed by atoms with Crippen LogP contribution in [-0.2, 0) is 0 Å². The maximum Gasteiger partial charge on any atom is 0.401 e. The van der Waals surface area contributed by atoms with Gasteiger partial charge in [-0.05, 0) is 83.1 Å². The van der Waals surface area contributed by atoms with Crippen LogP contribution >= 0.6 is 11.1 Å². The van der Waals surface area contributed by atoms with Gasteiger partial charge in [-0.2, -0.15) is 0 Å². The van der Waals surface area contributed by atoms with Crippen LogP contribution in [0.25, 0.3) is 0 Å². The highest BCUT2D eigenvalue weighted by atomic mass is 35.6. The van der Waals surface area contributed by atoms with Crippen LogP contribution in [0.3, 0.4) is 0 Å². The third-order valence-corrected chi connectivity index (χ3v) is 24.7. The first-order chi connectivity index (χ1) is 16.9. The molecule has 2 heterocycles. The zero-order valence-electron chi connectivity index (χ0n) is 24.4. The normalized spacial score (nSPS) is 19.8. The molecule has 0 spiro atoms. The van der Waals surface area contributed by atoms with Gasteiger partial charge in [0.15, 0.2) is 23.3 Å². The Balaban J connectivity index is 2.73. The predicted molar refractivity (Wildman–Crippen MR) is 148 cm³/mol. The van der Waals surface area contributed by atoms with Crippen LogP contribution in [0.4, 0.5) is 22.0 Å². The average molecular weight is 595 g/mol. The van der Waals surface area contributed by atoms with Gasteiger partial charge in [0.05, 0.1) is 5.19 Å². The Morgan fingerprint density at radius 2 is 0.711 bits per heavy atom. The van der Waals surface area contributed by atoms with Crippen LogP contribution in [0.2, 0.25) is 0 Å². The van der Waals surface area contributed by atoms with Gasteiger partial charge >= 0.3 is 15.1 Å². The standard InChI is InChI=1S/C26H40ClF5N4Si2/c1-23(2,3)33-13-14-34(24(4,5)6)37(33,22-20(31)18(29)17(28)19(30)21(22)32)38(27)35(25(7,8)9)15-16-36(38)26(10,11)12/h13-16H,1-12H3. The van der Waals surface area contributed by atoms with Crippen LogP contribution in [0, 0.1) is 29.1 Å². The van der Waals surface area contributed by atoms with E-state index in [1.807, 2.05) is 114 Å². The first-order valence-electron chi connectivity index (χ1n) is 12.6. The van der Waals surface area contributed by atoms with Crippen LogP contribution in [0.1, 0.15) is 83.1 Å². The molecular weight excluding hydrogens is 555 g/mol. The fourth-order valence-corrected chi connectivity index (χ4v) is 28.5. The maximum atomic E-state index is 16.2. The van der Waals surface area contributed by atoms with Gasteiger partial charge in [0.25, 0.3) is 0 Å². The lowest BCUT2D eigenvalue weighted by molar-refractivity contribution is 0.249. The molecule has 214 valence electrons. The molecule has 0 saturated carbocycles. The summed E-state index contributed by atoms with van der Waals surface area (Å²) in [6.07, 6.45) is 7.05. The van der Waals surface area contributed by atoms with E-state index in [9.17, 15) is 4.39 Å². The lowest BCUT2D eigenvalue weighted by Gasteiger charge is -2.63. The highest BCUT2D eigenvalue weighted by Crippen LogP contribution is 2.51. The van der Waals surface area contributed by atoms with E-state index in [2.05, 4.69) is 0 Å². The molecular formula is C26H40ClF5N4Si2. The number of hydrogen-bond acceptors (Lipinski definition) is 4. The molecule has 0 unspecified atom stereocenters. The summed E-state index contributed by atoms with van der Waals surface area (Å²) in [6.45, 7) is 22.7. The Labute approximate surface area is 230 Å². The van der Waals surface area contributed by atoms with Crippen molar-refractivity contribution in [2.45, 2.75) is 105 Å². The second-order valence-corrected chi connectivity index (χ2v) is 25.6. The van der Waals surface area contributed by atoms with Crippen LogP contribution in [0.5, 0.6) is 0 Å². The molecule has 4 nitrogen and oxygen atoms in total. The highest BCUT2D eigenvalue weighted by molar-refractivity contribution is 7.59. The zero-order valence-corrected chi connectivity index (χ0v) is 27.1. The lowest BCUT2D eigenvalue weighted by atomic mass is 10.1. The Bertz CT molecular complexity index is 1100. The monoisotopic (exact) mass is 594 g/mol. The van der Waals surface area contributed by atoms with Crippen molar-refractivity contribution in [1.82, 2.24) is 18.3 Å². The second-order valence-electron chi connectivity index (χ2n) is 14.0.